The van der Waals surface area contributed by atoms with Gasteiger partial charge in [-0.15, -0.1) is 5.10 Å². The molecule has 1 aromatic heterocycles. The molecule has 1 unspecified atom stereocenters. The number of carbonyl (C=O) groups is 1. The van der Waals surface area contributed by atoms with Crippen molar-refractivity contribution in [3.05, 3.63) is 65.4 Å². The highest BCUT2D eigenvalue weighted by atomic mass is 16.5. The van der Waals surface area contributed by atoms with Gasteiger partial charge in [-0.2, -0.15) is 4.98 Å². The molecular formula is C21H21N5O3. The summed E-state index contributed by atoms with van der Waals surface area (Å²) in [6, 6.07) is 14.5. The summed E-state index contributed by atoms with van der Waals surface area (Å²) in [5.41, 5.74) is 8.32. The van der Waals surface area contributed by atoms with Crippen LogP contribution in [-0.4, -0.2) is 34.9 Å². The lowest BCUT2D eigenvalue weighted by molar-refractivity contribution is -0.115. The number of primary amides is 1. The Morgan fingerprint density at radius 1 is 1.10 bits per heavy atom. The van der Waals surface area contributed by atoms with Crippen LogP contribution in [0.5, 0.6) is 11.5 Å². The van der Waals surface area contributed by atoms with Crippen molar-refractivity contribution in [2.24, 2.45) is 5.73 Å². The van der Waals surface area contributed by atoms with Crippen LogP contribution in [0, 0.1) is 0 Å². The Kier molecular flexibility index (Phi) is 4.67. The molecule has 3 aromatic rings. The summed E-state index contributed by atoms with van der Waals surface area (Å²) in [6.07, 6.45) is 0. The third kappa shape index (κ3) is 3.08. The SMILES string of the molecule is COc1cccc(C2C(C(N)=O)=C(C)Nc3nc(-c4ccccc4)nn32)c1OC. The average Bonchev–Trinajstić information content (AvgIpc) is 3.16. The van der Waals surface area contributed by atoms with Crippen LogP contribution < -0.4 is 20.5 Å². The van der Waals surface area contributed by atoms with Gasteiger partial charge in [-0.3, -0.25) is 4.79 Å². The van der Waals surface area contributed by atoms with E-state index in [2.05, 4.69) is 15.4 Å². The lowest BCUT2D eigenvalue weighted by Crippen LogP contribution is -2.32. The summed E-state index contributed by atoms with van der Waals surface area (Å²) in [7, 11) is 3.12. The quantitative estimate of drug-likeness (QED) is 0.693. The highest BCUT2D eigenvalue weighted by molar-refractivity contribution is 5.95. The molecule has 8 nitrogen and oxygen atoms in total. The number of fused-ring (bicyclic) bond motifs is 1. The first-order valence-corrected chi connectivity index (χ1v) is 9.05. The Morgan fingerprint density at radius 2 is 1.86 bits per heavy atom. The molecule has 8 heteroatoms. The number of ether oxygens (including phenoxy) is 2. The van der Waals surface area contributed by atoms with Crippen LogP contribution in [0.25, 0.3) is 11.4 Å². The second kappa shape index (κ2) is 7.31. The lowest BCUT2D eigenvalue weighted by atomic mass is 9.94. The molecule has 2 heterocycles. The number of aromatic nitrogens is 3. The van der Waals surface area contributed by atoms with Crippen LogP contribution in [0.2, 0.25) is 0 Å². The molecule has 0 fully saturated rings. The number of allylic oxidation sites excluding steroid dienone is 1. The third-order valence-electron chi connectivity index (χ3n) is 4.88. The molecule has 0 radical (unpaired) electrons. The van der Waals surface area contributed by atoms with Crippen molar-refractivity contribution in [1.82, 2.24) is 14.8 Å². The number of benzene rings is 2. The van der Waals surface area contributed by atoms with Crippen molar-refractivity contribution < 1.29 is 14.3 Å². The number of hydrogen-bond acceptors (Lipinski definition) is 6. The maximum atomic E-state index is 12.4. The minimum atomic E-state index is -0.612. The van der Waals surface area contributed by atoms with Crippen molar-refractivity contribution >= 4 is 11.9 Å². The van der Waals surface area contributed by atoms with Gasteiger partial charge in [0.05, 0.1) is 19.8 Å². The molecule has 1 aliphatic heterocycles. The van der Waals surface area contributed by atoms with E-state index in [1.165, 1.54) is 0 Å². The van der Waals surface area contributed by atoms with Gasteiger partial charge in [0.2, 0.25) is 11.9 Å². The van der Waals surface area contributed by atoms with Gasteiger partial charge in [0.25, 0.3) is 0 Å². The zero-order valence-corrected chi connectivity index (χ0v) is 16.3. The number of nitrogens with two attached hydrogens (primary N) is 1. The molecule has 1 atom stereocenters. The number of anilines is 1. The predicted molar refractivity (Wildman–Crippen MR) is 109 cm³/mol. The molecule has 2 aromatic carbocycles. The van der Waals surface area contributed by atoms with Crippen LogP contribution in [0.4, 0.5) is 5.95 Å². The molecule has 148 valence electrons. The second-order valence-corrected chi connectivity index (χ2v) is 6.58. The van der Waals surface area contributed by atoms with E-state index in [0.29, 0.717) is 40.1 Å². The average molecular weight is 391 g/mol. The Morgan fingerprint density at radius 3 is 2.52 bits per heavy atom. The minimum Gasteiger partial charge on any atom is -0.493 e. The molecule has 29 heavy (non-hydrogen) atoms. The van der Waals surface area contributed by atoms with Crippen molar-refractivity contribution in [3.8, 4) is 22.9 Å². The Hall–Kier alpha value is -3.81. The van der Waals surface area contributed by atoms with E-state index >= 15 is 0 Å². The molecule has 1 amide bonds. The van der Waals surface area contributed by atoms with E-state index in [0.717, 1.165) is 5.56 Å². The van der Waals surface area contributed by atoms with Crippen molar-refractivity contribution in [2.75, 3.05) is 19.5 Å². The maximum absolute atomic E-state index is 12.4. The van der Waals surface area contributed by atoms with Gasteiger partial charge in [0.1, 0.15) is 6.04 Å². The monoisotopic (exact) mass is 391 g/mol. The molecule has 0 spiro atoms. The number of para-hydroxylation sites is 1. The van der Waals surface area contributed by atoms with Crippen molar-refractivity contribution in [3.63, 3.8) is 0 Å². The number of amides is 1. The fourth-order valence-electron chi connectivity index (χ4n) is 3.59. The molecule has 4 rings (SSSR count). The molecule has 0 saturated carbocycles. The van der Waals surface area contributed by atoms with Crippen LogP contribution in [0.3, 0.4) is 0 Å². The van der Waals surface area contributed by atoms with E-state index in [-0.39, 0.29) is 0 Å². The number of nitrogens with zero attached hydrogens (tertiary/aromatic N) is 3. The maximum Gasteiger partial charge on any atom is 0.248 e. The highest BCUT2D eigenvalue weighted by Crippen LogP contribution is 2.42. The van der Waals surface area contributed by atoms with Gasteiger partial charge in [0, 0.05) is 16.8 Å². The van der Waals surface area contributed by atoms with E-state index in [1.807, 2.05) is 42.5 Å². The van der Waals surface area contributed by atoms with Gasteiger partial charge in [-0.05, 0) is 13.0 Å². The first kappa shape index (κ1) is 18.5. The van der Waals surface area contributed by atoms with E-state index < -0.39 is 11.9 Å². The standard InChI is InChI=1S/C21H21N5O3/c1-12-16(19(22)27)17(14-10-7-11-15(28-2)18(14)29-3)26-21(23-12)24-20(25-26)13-8-5-4-6-9-13/h4-11,17H,1-3H3,(H2,22,27)(H,23,24,25). The summed E-state index contributed by atoms with van der Waals surface area (Å²) in [4.78, 5) is 17.0. The fourth-order valence-corrected chi connectivity index (χ4v) is 3.59. The third-order valence-corrected chi connectivity index (χ3v) is 4.88. The summed E-state index contributed by atoms with van der Waals surface area (Å²) >= 11 is 0. The number of carbonyl (C=O) groups excluding carboxylic acids is 1. The number of hydrogen-bond donors (Lipinski definition) is 2. The van der Waals surface area contributed by atoms with Crippen molar-refractivity contribution in [2.45, 2.75) is 13.0 Å². The lowest BCUT2D eigenvalue weighted by Gasteiger charge is -2.29. The zero-order valence-electron chi connectivity index (χ0n) is 16.3. The normalized spacial score (nSPS) is 15.5. The molecule has 0 saturated heterocycles. The van der Waals surface area contributed by atoms with Gasteiger partial charge in [-0.25, -0.2) is 4.68 Å². The summed E-state index contributed by atoms with van der Waals surface area (Å²) in [5.74, 6) is 1.57. The highest BCUT2D eigenvalue weighted by Gasteiger charge is 2.35. The topological polar surface area (TPSA) is 104 Å². The van der Waals surface area contributed by atoms with Gasteiger partial charge in [0.15, 0.2) is 17.3 Å². The predicted octanol–water partition coefficient (Wildman–Crippen LogP) is 2.74. The molecule has 1 aliphatic rings. The smallest absolute Gasteiger partial charge is 0.248 e. The first-order valence-electron chi connectivity index (χ1n) is 9.05. The Balaban J connectivity index is 1.95. The first-order chi connectivity index (χ1) is 14.0. The van der Waals surface area contributed by atoms with Crippen LogP contribution >= 0.6 is 0 Å². The van der Waals surface area contributed by atoms with E-state index in [1.54, 1.807) is 31.9 Å². The number of rotatable bonds is 5. The van der Waals surface area contributed by atoms with E-state index in [9.17, 15) is 4.79 Å². The van der Waals surface area contributed by atoms with Gasteiger partial charge in [-0.1, -0.05) is 42.5 Å². The largest absolute Gasteiger partial charge is 0.493 e. The fraction of sp³-hybridized carbons (Fsp3) is 0.190. The second-order valence-electron chi connectivity index (χ2n) is 6.58. The Bertz CT molecular complexity index is 1100. The van der Waals surface area contributed by atoms with Gasteiger partial charge < -0.3 is 20.5 Å². The minimum absolute atomic E-state index is 0.383. The van der Waals surface area contributed by atoms with Gasteiger partial charge >= 0.3 is 0 Å². The molecule has 3 N–H and O–H groups in total. The summed E-state index contributed by atoms with van der Waals surface area (Å²) in [5, 5.41) is 7.82. The molecule has 0 bridgehead atoms. The zero-order chi connectivity index (χ0) is 20.5. The summed E-state index contributed by atoms with van der Waals surface area (Å²) < 4.78 is 12.7. The van der Waals surface area contributed by atoms with Crippen molar-refractivity contribution in [1.29, 1.82) is 0 Å². The Labute approximate surface area is 168 Å². The number of methoxy groups -OCH3 is 2. The number of nitrogens with one attached hydrogen (secondary N) is 1. The van der Waals surface area contributed by atoms with Crippen LogP contribution in [-0.2, 0) is 4.79 Å². The van der Waals surface area contributed by atoms with E-state index in [4.69, 9.17) is 15.2 Å². The van der Waals surface area contributed by atoms with Crippen LogP contribution in [0.1, 0.15) is 18.5 Å². The summed E-state index contributed by atoms with van der Waals surface area (Å²) in [6.45, 7) is 1.79. The molecular weight excluding hydrogens is 370 g/mol. The molecule has 0 aliphatic carbocycles. The van der Waals surface area contributed by atoms with Crippen LogP contribution in [0.15, 0.2) is 59.8 Å².